The van der Waals surface area contributed by atoms with Gasteiger partial charge in [-0.2, -0.15) is 10.3 Å². The molecule has 3 unspecified atom stereocenters. The molecular formula is C43H62N2O11. The van der Waals surface area contributed by atoms with Crippen molar-refractivity contribution in [3.8, 4) is 6.07 Å². The van der Waals surface area contributed by atoms with Gasteiger partial charge >= 0.3 is 5.97 Å². The highest BCUT2D eigenvalue weighted by molar-refractivity contribution is 5.78. The number of esters is 1. The molecule has 3 fully saturated rings. The Morgan fingerprint density at radius 1 is 1.11 bits per heavy atom. The van der Waals surface area contributed by atoms with Crippen LogP contribution in [0.1, 0.15) is 80.6 Å². The van der Waals surface area contributed by atoms with Crippen molar-refractivity contribution in [2.75, 3.05) is 20.8 Å². The largest absolute Gasteiger partial charge is 0.462 e. The van der Waals surface area contributed by atoms with E-state index in [1.165, 1.54) is 14.2 Å². The summed E-state index contributed by atoms with van der Waals surface area (Å²) in [6, 6.07) is 2.21. The van der Waals surface area contributed by atoms with Crippen molar-refractivity contribution in [3.63, 3.8) is 0 Å². The maximum atomic E-state index is 14.3. The summed E-state index contributed by atoms with van der Waals surface area (Å²) in [5.41, 5.74) is -1.40. The van der Waals surface area contributed by atoms with Gasteiger partial charge in [0.25, 0.3) is 0 Å². The van der Waals surface area contributed by atoms with Crippen LogP contribution in [0.25, 0.3) is 0 Å². The van der Waals surface area contributed by atoms with Gasteiger partial charge in [0.05, 0.1) is 43.2 Å². The molecule has 3 N–H and O–H groups in total. The number of nitriles is 1. The lowest BCUT2D eigenvalue weighted by Crippen LogP contribution is -2.65. The van der Waals surface area contributed by atoms with Crippen molar-refractivity contribution < 1.29 is 53.4 Å². The topological polar surface area (TPSA) is 169 Å². The lowest BCUT2D eigenvalue weighted by atomic mass is 9.71. The molecule has 13 nitrogen and oxygen atoms in total. The molecule has 0 aromatic carbocycles. The van der Waals surface area contributed by atoms with Crippen LogP contribution in [0.5, 0.6) is 0 Å². The standard InChI is InChI=1S/C43H62N2O11/c1-10-24(2)38-27(5)16-17-41(56-38)21-32-19-31(55-41)15-14-26(4)37(54-35-20-34(50-9)42(23-44,45(8)49)29(7)52-35)25(3)12-11-13-30-22-51-39-36(46)28(6)18-33(40(47)53-32)43(30,39)48/h11-14,16-18,24-25,27,29,31-39,46,48-49H,10,15,19-22H2,1-9H3/t24?,25?,27-,29-,31+,32-,33-,34-,35-,36+,37-,38+,39?,41+,42+,43+/m0/s1. The molecule has 0 aromatic heterocycles. The highest BCUT2D eigenvalue weighted by atomic mass is 16.7. The third-order valence-electron chi connectivity index (χ3n) is 13.2. The first kappa shape index (κ1) is 42.9. The second kappa shape index (κ2) is 16.9. The Balaban J connectivity index is 1.39. The van der Waals surface area contributed by atoms with E-state index >= 15 is 0 Å². The van der Waals surface area contributed by atoms with Crippen LogP contribution in [0, 0.1) is 35.0 Å². The van der Waals surface area contributed by atoms with Gasteiger partial charge in [-0.15, -0.1) is 0 Å². The van der Waals surface area contributed by atoms with Crippen LogP contribution in [-0.2, 0) is 38.0 Å². The third-order valence-corrected chi connectivity index (χ3v) is 13.2. The quantitative estimate of drug-likeness (QED) is 0.186. The summed E-state index contributed by atoms with van der Waals surface area (Å²) in [6.07, 6.45) is 9.52. The number of hydrogen-bond acceptors (Lipinski definition) is 13. The van der Waals surface area contributed by atoms with E-state index in [2.05, 4.69) is 39.0 Å². The fourth-order valence-electron chi connectivity index (χ4n) is 9.61. The molecule has 1 aliphatic carbocycles. The summed E-state index contributed by atoms with van der Waals surface area (Å²) in [7, 11) is 2.92. The molecule has 5 aliphatic heterocycles. The van der Waals surface area contributed by atoms with E-state index in [4.69, 9.17) is 33.2 Å². The Labute approximate surface area is 331 Å². The minimum atomic E-state index is -1.85. The number of allylic oxidation sites excluding steroid dienone is 2. The van der Waals surface area contributed by atoms with Gasteiger partial charge in [-0.05, 0) is 55.9 Å². The van der Waals surface area contributed by atoms with Gasteiger partial charge in [0.2, 0.25) is 0 Å². The van der Waals surface area contributed by atoms with Crippen molar-refractivity contribution in [2.24, 2.45) is 23.7 Å². The molecule has 0 aromatic rings. The fraction of sp³-hybridized carbons (Fsp3) is 0.721. The van der Waals surface area contributed by atoms with Crippen molar-refractivity contribution in [1.82, 2.24) is 5.06 Å². The van der Waals surface area contributed by atoms with E-state index in [1.54, 1.807) is 26.0 Å². The molecule has 6 aliphatic rings. The van der Waals surface area contributed by atoms with E-state index in [9.17, 15) is 25.5 Å². The summed E-state index contributed by atoms with van der Waals surface area (Å²) >= 11 is 0. The highest BCUT2D eigenvalue weighted by Gasteiger charge is 2.60. The number of hydrogen-bond donors (Lipinski definition) is 3. The molecule has 5 heterocycles. The van der Waals surface area contributed by atoms with Crippen LogP contribution in [0.4, 0.5) is 0 Å². The third kappa shape index (κ3) is 7.75. The van der Waals surface area contributed by atoms with Gasteiger partial charge in [-0.25, -0.2) is 0 Å². The zero-order valence-corrected chi connectivity index (χ0v) is 34.3. The van der Waals surface area contributed by atoms with Crippen LogP contribution in [-0.4, -0.2) is 119 Å². The van der Waals surface area contributed by atoms with Crippen LogP contribution < -0.4 is 0 Å². The first-order valence-corrected chi connectivity index (χ1v) is 20.2. The number of carbonyl (C=O) groups is 1. The van der Waals surface area contributed by atoms with Crippen molar-refractivity contribution in [2.45, 2.75) is 153 Å². The minimum Gasteiger partial charge on any atom is -0.462 e. The number of aliphatic hydroxyl groups excluding tert-OH is 1. The number of rotatable bonds is 6. The number of fused-ring (bicyclic) bond motifs is 2. The second-order valence-electron chi connectivity index (χ2n) is 16.9. The molecular weight excluding hydrogens is 720 g/mol. The summed E-state index contributed by atoms with van der Waals surface area (Å²) in [6.45, 7) is 13.9. The Bertz CT molecular complexity index is 1650. The van der Waals surface area contributed by atoms with Crippen molar-refractivity contribution in [3.05, 3.63) is 59.3 Å². The summed E-state index contributed by atoms with van der Waals surface area (Å²) in [5, 5.41) is 45.1. The van der Waals surface area contributed by atoms with Gasteiger partial charge in [-0.1, -0.05) is 70.6 Å². The average molecular weight is 783 g/mol. The van der Waals surface area contributed by atoms with Crippen LogP contribution >= 0.6 is 0 Å². The molecule has 0 saturated carbocycles. The van der Waals surface area contributed by atoms with Crippen molar-refractivity contribution in [1.29, 1.82) is 5.26 Å². The Morgan fingerprint density at radius 3 is 2.54 bits per heavy atom. The SMILES string of the molecule is CCC(C)[C@H]1O[C@]2(C=C[C@@H]1C)C[C@@H]1C[C@@H](CC=C(C)[C@@H](O[C@H]3C[C@H](OC)[C@](C#N)(N(C)O)[C@H](C)O3)C(C)C=CC=C3COC4[C@H](O)C(C)=C[C@@H](C(=O)O1)[C@]34O)O2. The molecule has 0 amide bonds. The molecule has 6 rings (SSSR count). The Morgan fingerprint density at radius 2 is 1.86 bits per heavy atom. The normalized spacial score (nSPS) is 45.0. The fourth-order valence-corrected chi connectivity index (χ4v) is 9.61. The first-order valence-electron chi connectivity index (χ1n) is 20.2. The predicted octanol–water partition coefficient (Wildman–Crippen LogP) is 5.06. The zero-order chi connectivity index (χ0) is 40.7. The van der Waals surface area contributed by atoms with E-state index in [0.29, 0.717) is 24.0 Å². The number of aliphatic hydroxyl groups is 2. The number of hydroxylamine groups is 2. The van der Waals surface area contributed by atoms with Gasteiger partial charge in [0.15, 0.2) is 17.6 Å². The molecule has 310 valence electrons. The molecule has 16 atom stereocenters. The highest BCUT2D eigenvalue weighted by Crippen LogP contribution is 2.47. The maximum Gasteiger partial charge on any atom is 0.316 e. The monoisotopic (exact) mass is 782 g/mol. The lowest BCUT2D eigenvalue weighted by molar-refractivity contribution is -0.300. The second-order valence-corrected chi connectivity index (χ2v) is 16.9. The summed E-state index contributed by atoms with van der Waals surface area (Å²) in [5.74, 6) is -2.65. The predicted molar refractivity (Wildman–Crippen MR) is 205 cm³/mol. The lowest BCUT2D eigenvalue weighted by Gasteiger charge is -2.48. The summed E-state index contributed by atoms with van der Waals surface area (Å²) in [4.78, 5) is 14.3. The van der Waals surface area contributed by atoms with E-state index in [-0.39, 0.29) is 43.3 Å². The number of carbonyl (C=O) groups excluding carboxylic acids is 1. The van der Waals surface area contributed by atoms with Crippen LogP contribution in [0.3, 0.4) is 0 Å². The molecule has 13 heteroatoms. The van der Waals surface area contributed by atoms with Crippen molar-refractivity contribution >= 4 is 5.97 Å². The van der Waals surface area contributed by atoms with Gasteiger partial charge < -0.3 is 48.6 Å². The first-order chi connectivity index (χ1) is 26.5. The zero-order valence-electron chi connectivity index (χ0n) is 34.3. The average Bonchev–Trinajstić information content (AvgIpc) is 3.50. The number of methoxy groups -OCH3 is 1. The minimum absolute atomic E-state index is 0.0170. The van der Waals surface area contributed by atoms with Gasteiger partial charge in [0, 0.05) is 45.3 Å². The van der Waals surface area contributed by atoms with E-state index in [1.807, 2.05) is 32.1 Å². The van der Waals surface area contributed by atoms with Gasteiger partial charge in [-0.3, -0.25) is 4.79 Å². The van der Waals surface area contributed by atoms with E-state index < -0.39 is 77.8 Å². The van der Waals surface area contributed by atoms with Crippen LogP contribution in [0.15, 0.2) is 59.3 Å². The number of likely N-dealkylation sites (N-methyl/N-ethyl adjacent to an activating group) is 1. The van der Waals surface area contributed by atoms with Gasteiger partial charge in [0.1, 0.15) is 29.8 Å². The Hall–Kier alpha value is -2.74. The molecule has 1 spiro atoms. The number of ether oxygens (including phenoxy) is 7. The molecule has 3 saturated heterocycles. The van der Waals surface area contributed by atoms with E-state index in [0.717, 1.165) is 17.1 Å². The maximum absolute atomic E-state index is 14.3. The molecule has 56 heavy (non-hydrogen) atoms. The smallest absolute Gasteiger partial charge is 0.316 e. The Kier molecular flexibility index (Phi) is 12.9. The number of nitrogens with zero attached hydrogens (tertiary/aromatic N) is 2. The summed E-state index contributed by atoms with van der Waals surface area (Å²) < 4.78 is 44.8. The molecule has 0 radical (unpaired) electrons. The van der Waals surface area contributed by atoms with Crippen LogP contribution in [0.2, 0.25) is 0 Å². The molecule has 2 bridgehead atoms.